The lowest BCUT2D eigenvalue weighted by Gasteiger charge is -2.31. The first kappa shape index (κ1) is 12.3. The van der Waals surface area contributed by atoms with Crippen molar-refractivity contribution in [1.82, 2.24) is 4.90 Å². The second kappa shape index (κ2) is 5.95. The Hall–Kier alpha value is -0.770. The van der Waals surface area contributed by atoms with Gasteiger partial charge in [-0.05, 0) is 45.6 Å². The van der Waals surface area contributed by atoms with Gasteiger partial charge >= 0.3 is 6.09 Å². The van der Waals surface area contributed by atoms with Crippen LogP contribution in [0.5, 0.6) is 0 Å². The number of ether oxygens (including phenoxy) is 1. The summed E-state index contributed by atoms with van der Waals surface area (Å²) in [4.78, 5) is 13.4. The SMILES string of the molecule is CC(C)OC(=O)N1CCC(CCN)CC1. The summed E-state index contributed by atoms with van der Waals surface area (Å²) in [7, 11) is 0. The van der Waals surface area contributed by atoms with Gasteiger partial charge in [-0.25, -0.2) is 4.79 Å². The zero-order valence-electron chi connectivity index (χ0n) is 9.74. The topological polar surface area (TPSA) is 55.6 Å². The molecular formula is C11H22N2O2. The van der Waals surface area contributed by atoms with Gasteiger partial charge in [-0.1, -0.05) is 0 Å². The fourth-order valence-corrected chi connectivity index (χ4v) is 1.92. The van der Waals surface area contributed by atoms with Crippen LogP contribution < -0.4 is 5.73 Å². The maximum absolute atomic E-state index is 11.6. The van der Waals surface area contributed by atoms with Gasteiger partial charge in [-0.3, -0.25) is 0 Å². The maximum Gasteiger partial charge on any atom is 0.410 e. The molecule has 1 saturated heterocycles. The lowest BCUT2D eigenvalue weighted by Crippen LogP contribution is -2.40. The molecule has 2 N–H and O–H groups in total. The van der Waals surface area contributed by atoms with Gasteiger partial charge in [0.25, 0.3) is 0 Å². The molecule has 1 fully saturated rings. The van der Waals surface area contributed by atoms with Crippen molar-refractivity contribution in [3.8, 4) is 0 Å². The highest BCUT2D eigenvalue weighted by molar-refractivity contribution is 5.67. The molecule has 0 bridgehead atoms. The molecule has 4 heteroatoms. The average molecular weight is 214 g/mol. The Balaban J connectivity index is 2.27. The van der Waals surface area contributed by atoms with Crippen molar-refractivity contribution in [2.75, 3.05) is 19.6 Å². The number of hydrogen-bond acceptors (Lipinski definition) is 3. The first-order valence-electron chi connectivity index (χ1n) is 5.79. The number of hydrogen-bond donors (Lipinski definition) is 1. The van der Waals surface area contributed by atoms with Crippen LogP contribution in [-0.4, -0.2) is 36.7 Å². The van der Waals surface area contributed by atoms with Gasteiger partial charge in [0.05, 0.1) is 6.10 Å². The van der Waals surface area contributed by atoms with Crippen molar-refractivity contribution < 1.29 is 9.53 Å². The third-order valence-electron chi connectivity index (χ3n) is 2.78. The van der Waals surface area contributed by atoms with Crippen LogP contribution in [0.2, 0.25) is 0 Å². The van der Waals surface area contributed by atoms with Gasteiger partial charge in [0, 0.05) is 13.1 Å². The average Bonchev–Trinajstić information content (AvgIpc) is 2.18. The lowest BCUT2D eigenvalue weighted by molar-refractivity contribution is 0.0650. The summed E-state index contributed by atoms with van der Waals surface area (Å²) in [6.07, 6.45) is 3.00. The van der Waals surface area contributed by atoms with E-state index >= 15 is 0 Å². The largest absolute Gasteiger partial charge is 0.447 e. The van der Waals surface area contributed by atoms with Crippen LogP contribution in [0.1, 0.15) is 33.1 Å². The zero-order chi connectivity index (χ0) is 11.3. The number of nitrogens with two attached hydrogens (primary N) is 1. The van der Waals surface area contributed by atoms with Crippen molar-refractivity contribution in [1.29, 1.82) is 0 Å². The minimum absolute atomic E-state index is 0.0285. The van der Waals surface area contributed by atoms with Crippen molar-refractivity contribution in [2.45, 2.75) is 39.2 Å². The van der Waals surface area contributed by atoms with Crippen LogP contribution in [0.4, 0.5) is 4.79 Å². The molecule has 1 amide bonds. The van der Waals surface area contributed by atoms with E-state index in [1.165, 1.54) is 0 Å². The fraction of sp³-hybridized carbons (Fsp3) is 0.909. The summed E-state index contributed by atoms with van der Waals surface area (Å²) in [6, 6.07) is 0. The zero-order valence-corrected chi connectivity index (χ0v) is 9.74. The highest BCUT2D eigenvalue weighted by Crippen LogP contribution is 2.20. The van der Waals surface area contributed by atoms with E-state index in [4.69, 9.17) is 10.5 Å². The van der Waals surface area contributed by atoms with Crippen molar-refractivity contribution in [3.05, 3.63) is 0 Å². The minimum atomic E-state index is -0.170. The maximum atomic E-state index is 11.6. The molecule has 4 nitrogen and oxygen atoms in total. The van der Waals surface area contributed by atoms with E-state index in [0.29, 0.717) is 5.92 Å². The van der Waals surface area contributed by atoms with Gasteiger partial charge < -0.3 is 15.4 Å². The molecule has 0 aromatic heterocycles. The van der Waals surface area contributed by atoms with E-state index in [1.807, 2.05) is 13.8 Å². The first-order chi connectivity index (χ1) is 7.13. The third kappa shape index (κ3) is 4.08. The Morgan fingerprint density at radius 1 is 1.47 bits per heavy atom. The Bertz CT molecular complexity index is 199. The Labute approximate surface area is 91.8 Å². The number of carbonyl (C=O) groups excluding carboxylic acids is 1. The van der Waals surface area contributed by atoms with Crippen molar-refractivity contribution in [3.63, 3.8) is 0 Å². The number of carbonyl (C=O) groups is 1. The Morgan fingerprint density at radius 3 is 2.53 bits per heavy atom. The molecule has 0 aromatic carbocycles. The monoisotopic (exact) mass is 214 g/mol. The van der Waals surface area contributed by atoms with Gasteiger partial charge in [-0.15, -0.1) is 0 Å². The number of nitrogens with zero attached hydrogens (tertiary/aromatic N) is 1. The highest BCUT2D eigenvalue weighted by Gasteiger charge is 2.23. The van der Waals surface area contributed by atoms with Crippen LogP contribution in [0.15, 0.2) is 0 Å². The minimum Gasteiger partial charge on any atom is -0.447 e. The standard InChI is InChI=1S/C11H22N2O2/c1-9(2)15-11(14)13-7-4-10(3-6-12)5-8-13/h9-10H,3-8,12H2,1-2H3. The van der Waals surface area contributed by atoms with Gasteiger partial charge in [0.2, 0.25) is 0 Å². The van der Waals surface area contributed by atoms with Crippen LogP contribution in [-0.2, 0) is 4.74 Å². The van der Waals surface area contributed by atoms with Crippen LogP contribution in [0, 0.1) is 5.92 Å². The molecule has 15 heavy (non-hydrogen) atoms. The van der Waals surface area contributed by atoms with Gasteiger partial charge in [0.15, 0.2) is 0 Å². The summed E-state index contributed by atoms with van der Waals surface area (Å²) in [5.74, 6) is 0.693. The fourth-order valence-electron chi connectivity index (χ4n) is 1.92. The second-order valence-corrected chi connectivity index (χ2v) is 4.44. The predicted octanol–water partition coefficient (Wildman–Crippen LogP) is 1.59. The molecule has 1 aliphatic rings. The molecule has 0 radical (unpaired) electrons. The van der Waals surface area contributed by atoms with Crippen LogP contribution in [0.25, 0.3) is 0 Å². The first-order valence-corrected chi connectivity index (χ1v) is 5.79. The number of likely N-dealkylation sites (tertiary alicyclic amines) is 1. The smallest absolute Gasteiger partial charge is 0.410 e. The number of rotatable bonds is 3. The van der Waals surface area contributed by atoms with E-state index in [9.17, 15) is 4.79 Å². The quantitative estimate of drug-likeness (QED) is 0.776. The molecule has 0 saturated carbocycles. The van der Waals surface area contributed by atoms with Crippen LogP contribution in [0.3, 0.4) is 0 Å². The molecule has 1 aliphatic heterocycles. The van der Waals surface area contributed by atoms with Crippen LogP contribution >= 0.6 is 0 Å². The van der Waals surface area contributed by atoms with Crippen molar-refractivity contribution in [2.24, 2.45) is 11.7 Å². The van der Waals surface area contributed by atoms with E-state index in [-0.39, 0.29) is 12.2 Å². The molecule has 0 unspecified atom stereocenters. The van der Waals surface area contributed by atoms with Gasteiger partial charge in [0.1, 0.15) is 0 Å². The Kier molecular flexibility index (Phi) is 4.88. The van der Waals surface area contributed by atoms with E-state index in [0.717, 1.165) is 38.9 Å². The summed E-state index contributed by atoms with van der Waals surface area (Å²) in [6.45, 7) is 6.13. The number of piperidine rings is 1. The molecule has 0 spiro atoms. The molecule has 1 heterocycles. The van der Waals surface area contributed by atoms with Gasteiger partial charge in [-0.2, -0.15) is 0 Å². The summed E-state index contributed by atoms with van der Waals surface area (Å²) < 4.78 is 5.15. The predicted molar refractivity (Wildman–Crippen MR) is 59.6 cm³/mol. The second-order valence-electron chi connectivity index (χ2n) is 4.44. The van der Waals surface area contributed by atoms with Crippen molar-refractivity contribution >= 4 is 6.09 Å². The summed E-state index contributed by atoms with van der Waals surface area (Å²) in [5.41, 5.74) is 5.51. The van der Waals surface area contributed by atoms with E-state index in [1.54, 1.807) is 4.90 Å². The molecule has 0 atom stereocenters. The highest BCUT2D eigenvalue weighted by atomic mass is 16.6. The lowest BCUT2D eigenvalue weighted by atomic mass is 9.94. The summed E-state index contributed by atoms with van der Waals surface area (Å²) >= 11 is 0. The Morgan fingerprint density at radius 2 is 2.07 bits per heavy atom. The molecule has 0 aliphatic carbocycles. The number of amides is 1. The molecule has 1 rings (SSSR count). The van der Waals surface area contributed by atoms with E-state index < -0.39 is 0 Å². The van der Waals surface area contributed by atoms with E-state index in [2.05, 4.69) is 0 Å². The summed E-state index contributed by atoms with van der Waals surface area (Å²) in [5, 5.41) is 0. The molecule has 88 valence electrons. The normalized spacial score (nSPS) is 18.3. The third-order valence-corrected chi connectivity index (χ3v) is 2.78. The molecular weight excluding hydrogens is 192 g/mol. The molecule has 0 aromatic rings.